The average molecular weight is 457 g/mol. The molecule has 5 heteroatoms. The van der Waals surface area contributed by atoms with E-state index in [1.807, 2.05) is 43.5 Å². The van der Waals surface area contributed by atoms with Gasteiger partial charge >= 0.3 is 0 Å². The van der Waals surface area contributed by atoms with Gasteiger partial charge in [-0.05, 0) is 60.7 Å². The van der Waals surface area contributed by atoms with Crippen molar-refractivity contribution in [2.24, 2.45) is 5.92 Å². The van der Waals surface area contributed by atoms with Crippen LogP contribution in [0.15, 0.2) is 73.5 Å². The molecule has 1 N–H and O–H groups in total. The van der Waals surface area contributed by atoms with Crippen LogP contribution >= 0.6 is 0 Å². The fourth-order valence-electron chi connectivity index (χ4n) is 4.24. The van der Waals surface area contributed by atoms with Crippen molar-refractivity contribution in [3.63, 3.8) is 0 Å². The van der Waals surface area contributed by atoms with Gasteiger partial charge < -0.3 is 10.1 Å². The number of ether oxygens (including phenoxy) is 1. The smallest absolute Gasteiger partial charge is 0.247 e. The van der Waals surface area contributed by atoms with Gasteiger partial charge in [0.05, 0.1) is 7.11 Å². The number of allylic oxidation sites excluding steroid dienone is 1. The maximum atomic E-state index is 14.6. The van der Waals surface area contributed by atoms with E-state index >= 15 is 0 Å². The number of pyridine rings is 1. The number of carbonyl (C=O) groups is 1. The first-order valence-corrected chi connectivity index (χ1v) is 11.5. The SMILES string of the molecule is C=CC(=O)Nc1cccc(-c2cnc(C)c(/C(=C\CC3CCC3)c3cccc(F)c3OC)c2)c1. The Hall–Kier alpha value is -3.73. The third kappa shape index (κ3) is 5.09. The molecule has 1 aromatic heterocycles. The van der Waals surface area contributed by atoms with Gasteiger partial charge in [0.2, 0.25) is 5.91 Å². The summed E-state index contributed by atoms with van der Waals surface area (Å²) in [5.41, 5.74) is 5.92. The topological polar surface area (TPSA) is 51.2 Å². The number of aryl methyl sites for hydroxylation is 1. The van der Waals surface area contributed by atoms with Gasteiger partial charge in [-0.15, -0.1) is 0 Å². The highest BCUT2D eigenvalue weighted by molar-refractivity contribution is 5.99. The van der Waals surface area contributed by atoms with E-state index in [-0.39, 0.29) is 17.5 Å². The number of hydrogen-bond acceptors (Lipinski definition) is 3. The average Bonchev–Trinajstić information content (AvgIpc) is 2.81. The van der Waals surface area contributed by atoms with Crippen LogP contribution in [0.25, 0.3) is 16.7 Å². The van der Waals surface area contributed by atoms with Crippen molar-refractivity contribution in [2.75, 3.05) is 12.4 Å². The van der Waals surface area contributed by atoms with Crippen LogP contribution in [-0.4, -0.2) is 18.0 Å². The van der Waals surface area contributed by atoms with E-state index < -0.39 is 0 Å². The third-order valence-electron chi connectivity index (χ3n) is 6.37. The number of nitrogens with one attached hydrogen (secondary N) is 1. The van der Waals surface area contributed by atoms with Crippen LogP contribution in [0, 0.1) is 18.7 Å². The first kappa shape index (κ1) is 23.4. The third-order valence-corrected chi connectivity index (χ3v) is 6.37. The highest BCUT2D eigenvalue weighted by Gasteiger charge is 2.20. The van der Waals surface area contributed by atoms with E-state index in [0.717, 1.165) is 39.9 Å². The Morgan fingerprint density at radius 3 is 2.68 bits per heavy atom. The number of anilines is 1. The molecule has 0 bridgehead atoms. The number of methoxy groups -OCH3 is 1. The highest BCUT2D eigenvalue weighted by Crippen LogP contribution is 2.38. The van der Waals surface area contributed by atoms with E-state index in [4.69, 9.17) is 4.74 Å². The Bertz CT molecular complexity index is 1240. The molecule has 1 aliphatic carbocycles. The van der Waals surface area contributed by atoms with E-state index in [1.54, 1.807) is 6.07 Å². The zero-order valence-electron chi connectivity index (χ0n) is 19.6. The lowest BCUT2D eigenvalue weighted by Gasteiger charge is -2.24. The normalized spacial score (nSPS) is 13.8. The van der Waals surface area contributed by atoms with Crippen LogP contribution in [-0.2, 0) is 4.79 Å². The quantitative estimate of drug-likeness (QED) is 0.373. The first-order valence-electron chi connectivity index (χ1n) is 11.5. The number of rotatable bonds is 8. The summed E-state index contributed by atoms with van der Waals surface area (Å²) in [5, 5.41) is 2.80. The molecule has 0 unspecified atom stereocenters. The van der Waals surface area contributed by atoms with Crippen molar-refractivity contribution < 1.29 is 13.9 Å². The van der Waals surface area contributed by atoms with Crippen molar-refractivity contribution in [1.29, 1.82) is 0 Å². The molecule has 0 spiro atoms. The molecule has 3 aromatic rings. The second-order valence-electron chi connectivity index (χ2n) is 8.60. The zero-order chi connectivity index (χ0) is 24.1. The maximum absolute atomic E-state index is 14.6. The number of amides is 1. The van der Waals surface area contributed by atoms with E-state index in [9.17, 15) is 9.18 Å². The van der Waals surface area contributed by atoms with Gasteiger partial charge in [-0.2, -0.15) is 0 Å². The molecule has 0 atom stereocenters. The summed E-state index contributed by atoms with van der Waals surface area (Å²) in [6.45, 7) is 5.46. The highest BCUT2D eigenvalue weighted by atomic mass is 19.1. The monoisotopic (exact) mass is 456 g/mol. The molecule has 1 aliphatic rings. The van der Waals surface area contributed by atoms with Gasteiger partial charge in [-0.1, -0.05) is 56.2 Å². The Balaban J connectivity index is 1.79. The van der Waals surface area contributed by atoms with Gasteiger partial charge in [0.25, 0.3) is 0 Å². The summed E-state index contributed by atoms with van der Waals surface area (Å²) in [5.74, 6) is 0.249. The summed E-state index contributed by atoms with van der Waals surface area (Å²) in [6.07, 6.45) is 9.92. The van der Waals surface area contributed by atoms with Gasteiger partial charge in [0, 0.05) is 34.3 Å². The number of nitrogens with zero attached hydrogens (tertiary/aromatic N) is 1. The summed E-state index contributed by atoms with van der Waals surface area (Å²) in [4.78, 5) is 16.4. The fourth-order valence-corrected chi connectivity index (χ4v) is 4.24. The summed E-state index contributed by atoms with van der Waals surface area (Å²) in [7, 11) is 1.50. The predicted molar refractivity (Wildman–Crippen MR) is 135 cm³/mol. The first-order chi connectivity index (χ1) is 16.5. The number of para-hydroxylation sites is 1. The number of halogens is 1. The van der Waals surface area contributed by atoms with Crippen LogP contribution in [0.1, 0.15) is 42.5 Å². The van der Waals surface area contributed by atoms with Crippen LogP contribution in [0.5, 0.6) is 5.75 Å². The number of benzene rings is 2. The molecule has 0 aliphatic heterocycles. The van der Waals surface area contributed by atoms with Crippen LogP contribution in [0.2, 0.25) is 0 Å². The Labute approximate surface area is 200 Å². The molecule has 0 saturated heterocycles. The van der Waals surface area contributed by atoms with Gasteiger partial charge in [-0.3, -0.25) is 9.78 Å². The lowest BCUT2D eigenvalue weighted by molar-refractivity contribution is -0.111. The van der Waals surface area contributed by atoms with Crippen molar-refractivity contribution in [1.82, 2.24) is 4.98 Å². The molecular formula is C29H29FN2O2. The van der Waals surface area contributed by atoms with E-state index in [0.29, 0.717) is 11.6 Å². The van der Waals surface area contributed by atoms with Crippen LogP contribution < -0.4 is 10.1 Å². The zero-order valence-corrected chi connectivity index (χ0v) is 19.6. The molecule has 2 aromatic carbocycles. The van der Waals surface area contributed by atoms with Gasteiger partial charge in [0.15, 0.2) is 11.6 Å². The van der Waals surface area contributed by atoms with Crippen LogP contribution in [0.3, 0.4) is 0 Å². The lowest BCUT2D eigenvalue weighted by atomic mass is 9.81. The van der Waals surface area contributed by atoms with E-state index in [1.165, 1.54) is 38.5 Å². The Kier molecular flexibility index (Phi) is 7.21. The minimum absolute atomic E-state index is 0.237. The molecular weight excluding hydrogens is 427 g/mol. The molecule has 34 heavy (non-hydrogen) atoms. The molecule has 174 valence electrons. The molecule has 4 nitrogen and oxygen atoms in total. The second kappa shape index (κ2) is 10.5. The maximum Gasteiger partial charge on any atom is 0.247 e. The summed E-state index contributed by atoms with van der Waals surface area (Å²) in [6, 6.07) is 14.7. The molecule has 0 radical (unpaired) electrons. The number of hydrogen-bond donors (Lipinski definition) is 1. The van der Waals surface area contributed by atoms with Gasteiger partial charge in [0.1, 0.15) is 0 Å². The largest absolute Gasteiger partial charge is 0.493 e. The lowest BCUT2D eigenvalue weighted by Crippen LogP contribution is -2.10. The molecule has 4 rings (SSSR count). The number of aromatic nitrogens is 1. The van der Waals surface area contributed by atoms with Gasteiger partial charge in [-0.25, -0.2) is 4.39 Å². The predicted octanol–water partition coefficient (Wildman–Crippen LogP) is 6.95. The van der Waals surface area contributed by atoms with Crippen molar-refractivity contribution in [2.45, 2.75) is 32.6 Å². The minimum atomic E-state index is -0.387. The standard InChI is InChI=1S/C29H29FN2O2/c1-4-28(33)32-23-11-6-10-21(16-23)22-17-26(19(2)31-18-22)24(15-14-20-8-5-9-20)25-12-7-13-27(30)29(25)34-3/h4,6-7,10-13,15-18,20H,1,5,8-9,14H2,2-3H3,(H,32,33)/b24-15-. The minimum Gasteiger partial charge on any atom is -0.493 e. The molecule has 1 fully saturated rings. The second-order valence-corrected chi connectivity index (χ2v) is 8.60. The van der Waals surface area contributed by atoms with Crippen LogP contribution in [0.4, 0.5) is 10.1 Å². The van der Waals surface area contributed by atoms with Crippen molar-refractivity contribution in [3.05, 3.63) is 96.1 Å². The Morgan fingerprint density at radius 1 is 1.18 bits per heavy atom. The summed E-state index contributed by atoms with van der Waals surface area (Å²) < 4.78 is 20.1. The van der Waals surface area contributed by atoms with Crippen molar-refractivity contribution >= 4 is 17.2 Å². The van der Waals surface area contributed by atoms with E-state index in [2.05, 4.69) is 29.0 Å². The van der Waals surface area contributed by atoms with Crippen molar-refractivity contribution in [3.8, 4) is 16.9 Å². The molecule has 1 heterocycles. The fraction of sp³-hybridized carbons (Fsp3) is 0.241. The Morgan fingerprint density at radius 2 is 1.97 bits per heavy atom. The molecule has 1 saturated carbocycles. The summed E-state index contributed by atoms with van der Waals surface area (Å²) >= 11 is 0. The number of carbonyl (C=O) groups excluding carboxylic acids is 1. The molecule has 1 amide bonds.